The van der Waals surface area contributed by atoms with Crippen LogP contribution in [0.25, 0.3) is 10.8 Å². The number of hydroxylamine groups is 1. The molecule has 2 aliphatic heterocycles. The van der Waals surface area contributed by atoms with Gasteiger partial charge >= 0.3 is 0 Å². The molecular formula is C20H24N2O4. The van der Waals surface area contributed by atoms with Crippen molar-refractivity contribution in [1.82, 2.24) is 10.8 Å². The van der Waals surface area contributed by atoms with Crippen LogP contribution in [0.2, 0.25) is 0 Å². The van der Waals surface area contributed by atoms with Crippen molar-refractivity contribution >= 4 is 16.7 Å². The molecule has 4 rings (SSSR count). The van der Waals surface area contributed by atoms with E-state index in [1.165, 1.54) is 5.39 Å². The van der Waals surface area contributed by atoms with Crippen LogP contribution >= 0.6 is 0 Å². The van der Waals surface area contributed by atoms with Gasteiger partial charge in [0.25, 0.3) is 0 Å². The summed E-state index contributed by atoms with van der Waals surface area (Å²) in [6.45, 7) is 2.59. The molecular weight excluding hydrogens is 332 g/mol. The van der Waals surface area contributed by atoms with Crippen molar-refractivity contribution in [2.75, 3.05) is 26.4 Å². The molecule has 0 aromatic heterocycles. The number of ether oxygens (including phenoxy) is 2. The smallest absolute Gasteiger partial charge is 0.239 e. The molecule has 2 aromatic rings. The van der Waals surface area contributed by atoms with Gasteiger partial charge in [0.05, 0.1) is 6.61 Å². The van der Waals surface area contributed by atoms with Crippen LogP contribution in [0.3, 0.4) is 0 Å². The van der Waals surface area contributed by atoms with Gasteiger partial charge in [-0.1, -0.05) is 30.3 Å². The first-order valence-electron chi connectivity index (χ1n) is 9.16. The predicted molar refractivity (Wildman–Crippen MR) is 97.8 cm³/mol. The number of carbonyl (C=O) groups excluding carboxylic acids is 1. The van der Waals surface area contributed by atoms with Crippen LogP contribution in [-0.4, -0.2) is 44.4 Å². The summed E-state index contributed by atoms with van der Waals surface area (Å²) >= 11 is 0. The fourth-order valence-electron chi connectivity index (χ4n) is 3.36. The Morgan fingerprint density at radius 2 is 2.12 bits per heavy atom. The number of hydrogen-bond donors (Lipinski definition) is 2. The summed E-state index contributed by atoms with van der Waals surface area (Å²) in [4.78, 5) is 17.7. The summed E-state index contributed by atoms with van der Waals surface area (Å²) < 4.78 is 11.2. The quantitative estimate of drug-likeness (QED) is 0.829. The van der Waals surface area contributed by atoms with Gasteiger partial charge in [0, 0.05) is 25.5 Å². The predicted octanol–water partition coefficient (Wildman–Crippen LogP) is 2.03. The number of hydrogen-bond acceptors (Lipinski definition) is 5. The second-order valence-electron chi connectivity index (χ2n) is 6.94. The van der Waals surface area contributed by atoms with Crippen molar-refractivity contribution in [2.24, 2.45) is 5.92 Å². The molecule has 0 radical (unpaired) electrons. The van der Waals surface area contributed by atoms with Crippen molar-refractivity contribution in [3.8, 4) is 5.75 Å². The molecule has 3 unspecified atom stereocenters. The highest BCUT2D eigenvalue weighted by atomic mass is 16.7. The molecule has 2 saturated heterocycles. The number of carbonyl (C=O) groups is 1. The normalized spacial score (nSPS) is 25.5. The molecule has 6 heteroatoms. The maximum absolute atomic E-state index is 12.2. The molecule has 0 bridgehead atoms. The summed E-state index contributed by atoms with van der Waals surface area (Å²) in [5.41, 5.74) is 2.82. The second kappa shape index (κ2) is 8.03. The summed E-state index contributed by atoms with van der Waals surface area (Å²) in [7, 11) is 0. The van der Waals surface area contributed by atoms with E-state index in [4.69, 9.17) is 14.3 Å². The zero-order valence-electron chi connectivity index (χ0n) is 14.6. The van der Waals surface area contributed by atoms with Crippen LogP contribution in [-0.2, 0) is 14.4 Å². The van der Waals surface area contributed by atoms with Crippen molar-refractivity contribution in [2.45, 2.75) is 25.0 Å². The molecule has 2 N–H and O–H groups in total. The van der Waals surface area contributed by atoms with Gasteiger partial charge in [-0.2, -0.15) is 5.48 Å². The summed E-state index contributed by atoms with van der Waals surface area (Å²) in [5, 5.41) is 5.30. The lowest BCUT2D eigenvalue weighted by Gasteiger charge is -2.12. The molecule has 2 aliphatic rings. The van der Waals surface area contributed by atoms with E-state index in [0.717, 1.165) is 30.8 Å². The molecule has 2 fully saturated rings. The molecule has 0 spiro atoms. The Balaban J connectivity index is 1.23. The number of fused-ring (bicyclic) bond motifs is 1. The van der Waals surface area contributed by atoms with Gasteiger partial charge in [0.1, 0.15) is 24.5 Å². The number of nitrogens with one attached hydrogen (secondary N) is 2. The third-order valence-electron chi connectivity index (χ3n) is 4.94. The van der Waals surface area contributed by atoms with E-state index >= 15 is 0 Å². The van der Waals surface area contributed by atoms with Gasteiger partial charge in [-0.15, -0.1) is 0 Å². The first-order valence-corrected chi connectivity index (χ1v) is 9.16. The van der Waals surface area contributed by atoms with Crippen LogP contribution in [0.4, 0.5) is 0 Å². The van der Waals surface area contributed by atoms with Crippen LogP contribution in [0.15, 0.2) is 42.5 Å². The van der Waals surface area contributed by atoms with E-state index < -0.39 is 0 Å². The number of amides is 1. The van der Waals surface area contributed by atoms with Crippen LogP contribution < -0.4 is 15.5 Å². The van der Waals surface area contributed by atoms with Crippen molar-refractivity contribution in [3.63, 3.8) is 0 Å². The number of rotatable bonds is 6. The Morgan fingerprint density at radius 1 is 1.23 bits per heavy atom. The molecule has 26 heavy (non-hydrogen) atoms. The average Bonchev–Trinajstić information content (AvgIpc) is 3.36. The summed E-state index contributed by atoms with van der Waals surface area (Å²) in [5.74, 6) is 1.21. The van der Waals surface area contributed by atoms with Crippen LogP contribution in [0.5, 0.6) is 5.75 Å². The van der Waals surface area contributed by atoms with E-state index in [9.17, 15) is 4.79 Å². The van der Waals surface area contributed by atoms with Gasteiger partial charge in [-0.3, -0.25) is 9.63 Å². The Hall–Kier alpha value is -2.15. The highest BCUT2D eigenvalue weighted by Crippen LogP contribution is 2.21. The summed E-state index contributed by atoms with van der Waals surface area (Å²) in [6.07, 6.45) is 1.46. The molecule has 6 nitrogen and oxygen atoms in total. The minimum absolute atomic E-state index is 0.0231. The standard InChI is InChI=1S/C20H24N2O4/c23-20(21-11-14-7-8-24-12-14)19-10-18(26-22-19)13-25-17-6-5-15-3-1-2-4-16(15)9-17/h1-6,9,14,18-19,22H,7-8,10-13H2,(H,21,23). The maximum Gasteiger partial charge on any atom is 0.239 e. The Bertz CT molecular complexity index is 760. The van der Waals surface area contributed by atoms with E-state index in [2.05, 4.69) is 22.9 Å². The van der Waals surface area contributed by atoms with Crippen molar-refractivity contribution in [3.05, 3.63) is 42.5 Å². The molecule has 0 aliphatic carbocycles. The fourth-order valence-corrected chi connectivity index (χ4v) is 3.36. The van der Waals surface area contributed by atoms with Gasteiger partial charge < -0.3 is 14.8 Å². The lowest BCUT2D eigenvalue weighted by Crippen LogP contribution is -2.42. The van der Waals surface area contributed by atoms with Crippen LogP contribution in [0, 0.1) is 5.92 Å². The SMILES string of the molecule is O=C(NCC1CCOC1)C1CC(COc2ccc3ccccc3c2)ON1. The minimum Gasteiger partial charge on any atom is -0.491 e. The van der Waals surface area contributed by atoms with Gasteiger partial charge in [-0.05, 0) is 29.3 Å². The minimum atomic E-state index is -0.331. The lowest BCUT2D eigenvalue weighted by molar-refractivity contribution is -0.124. The topological polar surface area (TPSA) is 68.8 Å². The Labute approximate surface area is 152 Å². The summed E-state index contributed by atoms with van der Waals surface area (Å²) in [6, 6.07) is 13.9. The van der Waals surface area contributed by atoms with Gasteiger partial charge in [-0.25, -0.2) is 0 Å². The van der Waals surface area contributed by atoms with Crippen molar-refractivity contribution < 1.29 is 19.1 Å². The molecule has 2 heterocycles. The third-order valence-corrected chi connectivity index (χ3v) is 4.94. The Kier molecular flexibility index (Phi) is 5.34. The van der Waals surface area contributed by atoms with Gasteiger partial charge in [0.15, 0.2) is 0 Å². The second-order valence-corrected chi connectivity index (χ2v) is 6.94. The Morgan fingerprint density at radius 3 is 2.96 bits per heavy atom. The molecule has 3 atom stereocenters. The number of benzene rings is 2. The van der Waals surface area contributed by atoms with E-state index in [1.54, 1.807) is 0 Å². The molecule has 1 amide bonds. The molecule has 0 saturated carbocycles. The van der Waals surface area contributed by atoms with Crippen LogP contribution in [0.1, 0.15) is 12.8 Å². The average molecular weight is 356 g/mol. The third kappa shape index (κ3) is 4.15. The highest BCUT2D eigenvalue weighted by Gasteiger charge is 2.31. The fraction of sp³-hybridized carbons (Fsp3) is 0.450. The highest BCUT2D eigenvalue weighted by molar-refractivity contribution is 5.83. The zero-order chi connectivity index (χ0) is 17.8. The van der Waals surface area contributed by atoms with E-state index in [1.807, 2.05) is 30.3 Å². The molecule has 2 aromatic carbocycles. The molecule has 138 valence electrons. The van der Waals surface area contributed by atoms with E-state index in [-0.39, 0.29) is 18.1 Å². The zero-order valence-corrected chi connectivity index (χ0v) is 14.6. The van der Waals surface area contributed by atoms with Gasteiger partial charge in [0.2, 0.25) is 5.91 Å². The van der Waals surface area contributed by atoms with E-state index in [0.29, 0.717) is 25.5 Å². The monoisotopic (exact) mass is 356 g/mol. The lowest BCUT2D eigenvalue weighted by atomic mass is 10.1. The first-order chi connectivity index (χ1) is 12.8. The maximum atomic E-state index is 12.2. The largest absolute Gasteiger partial charge is 0.491 e. The van der Waals surface area contributed by atoms with Crippen molar-refractivity contribution in [1.29, 1.82) is 0 Å². The first kappa shape index (κ1) is 17.3.